The minimum Gasteiger partial charge on any atom is -0.498 e. The van der Waals surface area contributed by atoms with Gasteiger partial charge in [0.25, 0.3) is 0 Å². The number of aliphatic carboxylic acids is 1. The van der Waals surface area contributed by atoms with Gasteiger partial charge in [0.05, 0.1) is 31.7 Å². The Morgan fingerprint density at radius 1 is 1.38 bits per heavy atom. The first-order valence-electron chi connectivity index (χ1n) is 3.88. The maximum Gasteiger partial charge on any atom is 0.334 e. The molecule has 0 aliphatic rings. The van der Waals surface area contributed by atoms with Crippen LogP contribution >= 0.6 is 0 Å². The molecule has 0 radical (unpaired) electrons. The molecule has 5 heteroatoms. The highest BCUT2D eigenvalue weighted by Crippen LogP contribution is 1.92. The predicted molar refractivity (Wildman–Crippen MR) is 45.2 cm³/mol. The summed E-state index contributed by atoms with van der Waals surface area (Å²) in [5.74, 6) is -1.00. The van der Waals surface area contributed by atoms with Gasteiger partial charge in [-0.3, -0.25) is 0 Å². The van der Waals surface area contributed by atoms with Crippen molar-refractivity contribution in [3.05, 3.63) is 11.8 Å². The number of ether oxygens (including phenoxy) is 2. The standard InChI is InChI=1S/C8H14O5/c1-7(8(10)11)6-13-5-4-12-3-2-9/h6,9H,2-5H2,1H3,(H,10,11). The molecule has 0 aromatic rings. The average molecular weight is 190 g/mol. The van der Waals surface area contributed by atoms with Crippen LogP contribution in [0.3, 0.4) is 0 Å². The molecule has 0 aromatic heterocycles. The van der Waals surface area contributed by atoms with Crippen molar-refractivity contribution in [3.63, 3.8) is 0 Å². The second-order valence-corrected chi connectivity index (χ2v) is 2.31. The Hall–Kier alpha value is -1.07. The van der Waals surface area contributed by atoms with Crippen molar-refractivity contribution in [1.29, 1.82) is 0 Å². The lowest BCUT2D eigenvalue weighted by Gasteiger charge is -2.02. The topological polar surface area (TPSA) is 76.0 Å². The van der Waals surface area contributed by atoms with E-state index in [1.54, 1.807) is 0 Å². The maximum absolute atomic E-state index is 10.3. The van der Waals surface area contributed by atoms with Crippen LogP contribution in [0.2, 0.25) is 0 Å². The van der Waals surface area contributed by atoms with E-state index in [4.69, 9.17) is 19.7 Å². The van der Waals surface area contributed by atoms with E-state index < -0.39 is 5.97 Å². The molecular weight excluding hydrogens is 176 g/mol. The molecule has 0 spiro atoms. The van der Waals surface area contributed by atoms with E-state index in [2.05, 4.69) is 0 Å². The van der Waals surface area contributed by atoms with E-state index in [9.17, 15) is 4.79 Å². The SMILES string of the molecule is CC(=COCCOCCO)C(=O)O. The molecule has 0 bridgehead atoms. The third-order valence-corrected chi connectivity index (χ3v) is 1.18. The van der Waals surface area contributed by atoms with Crippen LogP contribution in [0.4, 0.5) is 0 Å². The summed E-state index contributed by atoms with van der Waals surface area (Å²) in [7, 11) is 0. The van der Waals surface area contributed by atoms with Gasteiger partial charge in [-0.2, -0.15) is 0 Å². The molecule has 0 rings (SSSR count). The smallest absolute Gasteiger partial charge is 0.334 e. The summed E-state index contributed by atoms with van der Waals surface area (Å²) in [6.45, 7) is 2.31. The highest BCUT2D eigenvalue weighted by molar-refractivity contribution is 5.85. The van der Waals surface area contributed by atoms with Crippen LogP contribution in [-0.4, -0.2) is 42.6 Å². The van der Waals surface area contributed by atoms with Gasteiger partial charge in [0, 0.05) is 0 Å². The monoisotopic (exact) mass is 190 g/mol. The number of carboxylic acid groups (broad SMARTS) is 1. The third-order valence-electron chi connectivity index (χ3n) is 1.18. The van der Waals surface area contributed by atoms with Crippen molar-refractivity contribution in [2.45, 2.75) is 6.92 Å². The number of aliphatic hydroxyl groups is 1. The molecular formula is C8H14O5. The van der Waals surface area contributed by atoms with Gasteiger partial charge < -0.3 is 19.7 Å². The number of aliphatic hydroxyl groups excluding tert-OH is 1. The molecule has 0 unspecified atom stereocenters. The zero-order chi connectivity index (χ0) is 10.1. The fourth-order valence-corrected chi connectivity index (χ4v) is 0.508. The minimum atomic E-state index is -1.00. The van der Waals surface area contributed by atoms with Crippen molar-refractivity contribution in [2.24, 2.45) is 0 Å². The molecule has 0 atom stereocenters. The number of carbonyl (C=O) groups is 1. The first-order chi connectivity index (χ1) is 6.18. The van der Waals surface area contributed by atoms with Crippen LogP contribution in [0.25, 0.3) is 0 Å². The summed E-state index contributed by atoms with van der Waals surface area (Å²) in [5, 5.41) is 16.7. The molecule has 0 saturated heterocycles. The number of hydrogen-bond acceptors (Lipinski definition) is 4. The highest BCUT2D eigenvalue weighted by atomic mass is 16.5. The molecule has 0 heterocycles. The fraction of sp³-hybridized carbons (Fsp3) is 0.625. The fourth-order valence-electron chi connectivity index (χ4n) is 0.508. The first-order valence-corrected chi connectivity index (χ1v) is 3.88. The van der Waals surface area contributed by atoms with Gasteiger partial charge in [-0.25, -0.2) is 4.79 Å². The van der Waals surface area contributed by atoms with Crippen LogP contribution in [0.5, 0.6) is 0 Å². The van der Waals surface area contributed by atoms with Crippen LogP contribution in [-0.2, 0) is 14.3 Å². The van der Waals surface area contributed by atoms with Crippen molar-refractivity contribution in [1.82, 2.24) is 0 Å². The van der Waals surface area contributed by atoms with E-state index >= 15 is 0 Å². The summed E-state index contributed by atoms with van der Waals surface area (Å²) >= 11 is 0. The first kappa shape index (κ1) is 11.9. The van der Waals surface area contributed by atoms with E-state index in [0.29, 0.717) is 6.61 Å². The summed E-state index contributed by atoms with van der Waals surface area (Å²) in [6.07, 6.45) is 1.17. The average Bonchev–Trinajstić information content (AvgIpc) is 2.10. The zero-order valence-electron chi connectivity index (χ0n) is 7.52. The number of hydrogen-bond donors (Lipinski definition) is 2. The second kappa shape index (κ2) is 7.57. The Kier molecular flexibility index (Phi) is 6.95. The van der Waals surface area contributed by atoms with Crippen molar-refractivity contribution >= 4 is 5.97 Å². The number of carboxylic acids is 1. The van der Waals surface area contributed by atoms with Crippen LogP contribution < -0.4 is 0 Å². The van der Waals surface area contributed by atoms with E-state index in [-0.39, 0.29) is 25.4 Å². The van der Waals surface area contributed by atoms with Gasteiger partial charge in [0.1, 0.15) is 6.61 Å². The lowest BCUT2D eigenvalue weighted by molar-refractivity contribution is -0.132. The van der Waals surface area contributed by atoms with Gasteiger partial charge in [-0.15, -0.1) is 0 Å². The van der Waals surface area contributed by atoms with Gasteiger partial charge >= 0.3 is 5.97 Å². The molecule has 5 nitrogen and oxygen atoms in total. The molecule has 0 aromatic carbocycles. The van der Waals surface area contributed by atoms with Gasteiger partial charge in [0.15, 0.2) is 0 Å². The van der Waals surface area contributed by atoms with Crippen LogP contribution in [0.15, 0.2) is 11.8 Å². The predicted octanol–water partition coefficient (Wildman–Crippen LogP) is 0.000300. The van der Waals surface area contributed by atoms with E-state index in [1.165, 1.54) is 13.2 Å². The summed E-state index contributed by atoms with van der Waals surface area (Å²) in [4.78, 5) is 10.3. The molecule has 0 aliphatic heterocycles. The Labute approximate surface area is 76.6 Å². The van der Waals surface area contributed by atoms with Crippen LogP contribution in [0.1, 0.15) is 6.92 Å². The molecule has 0 fully saturated rings. The minimum absolute atomic E-state index is 0.0238. The maximum atomic E-state index is 10.3. The van der Waals surface area contributed by atoms with Gasteiger partial charge in [0.2, 0.25) is 0 Å². The van der Waals surface area contributed by atoms with E-state index in [1.807, 2.05) is 0 Å². The van der Waals surface area contributed by atoms with Gasteiger partial charge in [-0.1, -0.05) is 0 Å². The molecule has 0 aliphatic carbocycles. The summed E-state index contributed by atoms with van der Waals surface area (Å²) in [6, 6.07) is 0. The van der Waals surface area contributed by atoms with Crippen molar-refractivity contribution in [2.75, 3.05) is 26.4 Å². The highest BCUT2D eigenvalue weighted by Gasteiger charge is 1.98. The Bertz CT molecular complexity index is 175. The lowest BCUT2D eigenvalue weighted by Crippen LogP contribution is -2.06. The van der Waals surface area contributed by atoms with Crippen LogP contribution in [0, 0.1) is 0 Å². The Morgan fingerprint density at radius 3 is 2.62 bits per heavy atom. The lowest BCUT2D eigenvalue weighted by atomic mass is 10.3. The largest absolute Gasteiger partial charge is 0.498 e. The molecule has 76 valence electrons. The second-order valence-electron chi connectivity index (χ2n) is 2.31. The molecule has 0 saturated carbocycles. The zero-order valence-corrected chi connectivity index (χ0v) is 7.52. The summed E-state index contributed by atoms with van der Waals surface area (Å²) < 4.78 is 9.73. The van der Waals surface area contributed by atoms with Gasteiger partial charge in [-0.05, 0) is 6.92 Å². The Balaban J connectivity index is 3.34. The molecule has 13 heavy (non-hydrogen) atoms. The molecule has 2 N–H and O–H groups in total. The summed E-state index contributed by atoms with van der Waals surface area (Å²) in [5.41, 5.74) is 0.141. The van der Waals surface area contributed by atoms with Crippen molar-refractivity contribution < 1.29 is 24.5 Å². The quantitative estimate of drug-likeness (QED) is 0.336. The van der Waals surface area contributed by atoms with E-state index in [0.717, 1.165) is 0 Å². The number of rotatable bonds is 7. The third kappa shape index (κ3) is 7.30. The Morgan fingerprint density at radius 2 is 2.08 bits per heavy atom. The normalized spacial score (nSPS) is 11.4. The van der Waals surface area contributed by atoms with Crippen molar-refractivity contribution in [3.8, 4) is 0 Å². The molecule has 0 amide bonds.